The van der Waals surface area contributed by atoms with Crippen LogP contribution in [0, 0.1) is 5.82 Å². The molecule has 0 amide bonds. The van der Waals surface area contributed by atoms with Crippen molar-refractivity contribution < 1.29 is 4.39 Å². The molecule has 2 aromatic rings. The van der Waals surface area contributed by atoms with Gasteiger partial charge in [0.05, 0.1) is 5.75 Å². The summed E-state index contributed by atoms with van der Waals surface area (Å²) in [5.41, 5.74) is 1.03. The Bertz CT molecular complexity index is 589. The monoisotopic (exact) mass is 305 g/mol. The van der Waals surface area contributed by atoms with E-state index in [4.69, 9.17) is 0 Å². The highest BCUT2D eigenvalue weighted by Gasteiger charge is 2.05. The first kappa shape index (κ1) is 15.8. The molecule has 1 aromatic heterocycles. The summed E-state index contributed by atoms with van der Waals surface area (Å²) in [4.78, 5) is 9.94. The number of thioether (sulfide) groups is 1. The molecular formula is C16H20FN3S. The van der Waals surface area contributed by atoms with Crippen molar-refractivity contribution in [2.45, 2.75) is 37.3 Å². The van der Waals surface area contributed by atoms with Crippen molar-refractivity contribution in [1.82, 2.24) is 9.97 Å². The minimum atomic E-state index is -0.214. The molecule has 0 aliphatic rings. The van der Waals surface area contributed by atoms with E-state index in [2.05, 4.69) is 29.1 Å². The third-order valence-corrected chi connectivity index (χ3v) is 3.90. The fraction of sp³-hybridized carbons (Fsp3) is 0.375. The van der Waals surface area contributed by atoms with Gasteiger partial charge in [-0.3, -0.25) is 0 Å². The Labute approximate surface area is 129 Å². The van der Waals surface area contributed by atoms with E-state index < -0.39 is 0 Å². The maximum Gasteiger partial charge on any atom is 0.141 e. The highest BCUT2D eigenvalue weighted by molar-refractivity contribution is 7.98. The molecule has 0 bridgehead atoms. The number of rotatable bonds is 7. The largest absolute Gasteiger partial charge is 0.370 e. The molecule has 1 N–H and O–H groups in total. The molecule has 2 rings (SSSR count). The molecule has 0 radical (unpaired) electrons. The summed E-state index contributed by atoms with van der Waals surface area (Å²) >= 11 is 1.55. The second-order valence-electron chi connectivity index (χ2n) is 4.69. The van der Waals surface area contributed by atoms with E-state index in [1.54, 1.807) is 17.8 Å². The molecule has 5 heteroatoms. The van der Waals surface area contributed by atoms with Crippen LogP contribution in [0.2, 0.25) is 0 Å². The SMILES string of the molecule is CCCNc1cc(CC)nc(CSc2cccc(F)c2)n1. The van der Waals surface area contributed by atoms with Crippen molar-refractivity contribution in [3.63, 3.8) is 0 Å². The first-order valence-electron chi connectivity index (χ1n) is 7.20. The van der Waals surface area contributed by atoms with Crippen molar-refractivity contribution >= 4 is 17.6 Å². The second-order valence-corrected chi connectivity index (χ2v) is 5.74. The highest BCUT2D eigenvalue weighted by atomic mass is 32.2. The van der Waals surface area contributed by atoms with Crippen molar-refractivity contribution in [2.75, 3.05) is 11.9 Å². The normalized spacial score (nSPS) is 10.6. The van der Waals surface area contributed by atoms with E-state index in [0.717, 1.165) is 41.6 Å². The van der Waals surface area contributed by atoms with Crippen LogP contribution in [0.25, 0.3) is 0 Å². The Hall–Kier alpha value is -1.62. The molecule has 0 atom stereocenters. The number of nitrogens with one attached hydrogen (secondary N) is 1. The average Bonchev–Trinajstić information content (AvgIpc) is 2.51. The lowest BCUT2D eigenvalue weighted by Gasteiger charge is -2.08. The van der Waals surface area contributed by atoms with Gasteiger partial charge >= 0.3 is 0 Å². The summed E-state index contributed by atoms with van der Waals surface area (Å²) < 4.78 is 13.2. The summed E-state index contributed by atoms with van der Waals surface area (Å²) in [6.07, 6.45) is 1.93. The molecule has 112 valence electrons. The van der Waals surface area contributed by atoms with E-state index in [1.165, 1.54) is 12.1 Å². The summed E-state index contributed by atoms with van der Waals surface area (Å²) in [5.74, 6) is 2.08. The van der Waals surface area contributed by atoms with E-state index in [0.29, 0.717) is 5.75 Å². The van der Waals surface area contributed by atoms with Gasteiger partial charge in [-0.15, -0.1) is 11.8 Å². The van der Waals surface area contributed by atoms with Gasteiger partial charge in [-0.2, -0.15) is 0 Å². The van der Waals surface area contributed by atoms with E-state index in [-0.39, 0.29) is 5.82 Å². The Balaban J connectivity index is 2.07. The second kappa shape index (κ2) is 7.98. The molecular weight excluding hydrogens is 285 g/mol. The van der Waals surface area contributed by atoms with Crippen LogP contribution in [0.15, 0.2) is 35.2 Å². The molecule has 21 heavy (non-hydrogen) atoms. The number of hydrogen-bond acceptors (Lipinski definition) is 4. The van der Waals surface area contributed by atoms with Crippen LogP contribution in [-0.4, -0.2) is 16.5 Å². The zero-order chi connectivity index (χ0) is 15.1. The standard InChI is InChI=1S/C16H20FN3S/c1-3-8-18-15-10-13(4-2)19-16(20-15)11-21-14-7-5-6-12(17)9-14/h5-7,9-10H,3-4,8,11H2,1-2H3,(H,18,19,20). The lowest BCUT2D eigenvalue weighted by Crippen LogP contribution is -2.06. The number of aryl methyl sites for hydroxylation is 1. The number of anilines is 1. The number of hydrogen-bond donors (Lipinski definition) is 1. The molecule has 0 spiro atoms. The smallest absolute Gasteiger partial charge is 0.141 e. The molecule has 1 heterocycles. The van der Waals surface area contributed by atoms with Crippen LogP contribution in [0.1, 0.15) is 31.8 Å². The molecule has 3 nitrogen and oxygen atoms in total. The summed E-state index contributed by atoms with van der Waals surface area (Å²) in [6, 6.07) is 8.59. The minimum Gasteiger partial charge on any atom is -0.370 e. The van der Waals surface area contributed by atoms with Gasteiger partial charge in [0, 0.05) is 23.2 Å². The maximum absolute atomic E-state index is 13.2. The maximum atomic E-state index is 13.2. The Morgan fingerprint density at radius 2 is 2.05 bits per heavy atom. The third-order valence-electron chi connectivity index (χ3n) is 2.91. The van der Waals surface area contributed by atoms with Gasteiger partial charge in [0.2, 0.25) is 0 Å². The summed E-state index contributed by atoms with van der Waals surface area (Å²) in [6.45, 7) is 5.10. The van der Waals surface area contributed by atoms with Gasteiger partial charge in [-0.05, 0) is 31.0 Å². The van der Waals surface area contributed by atoms with Crippen molar-refractivity contribution in [2.24, 2.45) is 0 Å². The quantitative estimate of drug-likeness (QED) is 0.774. The summed E-state index contributed by atoms with van der Waals surface area (Å²) in [7, 11) is 0. The lowest BCUT2D eigenvalue weighted by atomic mass is 10.3. The molecule has 0 saturated carbocycles. The van der Waals surface area contributed by atoms with Crippen LogP contribution in [-0.2, 0) is 12.2 Å². The zero-order valence-corrected chi connectivity index (χ0v) is 13.2. The molecule has 0 aliphatic heterocycles. The van der Waals surface area contributed by atoms with Crippen LogP contribution < -0.4 is 5.32 Å². The minimum absolute atomic E-state index is 0.214. The van der Waals surface area contributed by atoms with E-state index in [1.807, 2.05) is 12.1 Å². The van der Waals surface area contributed by atoms with Crippen LogP contribution in [0.3, 0.4) is 0 Å². The van der Waals surface area contributed by atoms with E-state index >= 15 is 0 Å². The van der Waals surface area contributed by atoms with Gasteiger partial charge < -0.3 is 5.32 Å². The topological polar surface area (TPSA) is 37.8 Å². The fourth-order valence-corrected chi connectivity index (χ4v) is 2.64. The van der Waals surface area contributed by atoms with Gasteiger partial charge in [0.25, 0.3) is 0 Å². The van der Waals surface area contributed by atoms with Gasteiger partial charge in [0.15, 0.2) is 0 Å². The molecule has 0 unspecified atom stereocenters. The number of aromatic nitrogens is 2. The predicted octanol–water partition coefficient (Wildman–Crippen LogP) is 4.29. The number of benzene rings is 1. The Kier molecular flexibility index (Phi) is 5.99. The van der Waals surface area contributed by atoms with Gasteiger partial charge in [-0.25, -0.2) is 14.4 Å². The predicted molar refractivity (Wildman–Crippen MR) is 86.2 cm³/mol. The highest BCUT2D eigenvalue weighted by Crippen LogP contribution is 2.22. The molecule has 0 saturated heterocycles. The van der Waals surface area contributed by atoms with E-state index in [9.17, 15) is 4.39 Å². The fourth-order valence-electron chi connectivity index (χ4n) is 1.85. The number of halogens is 1. The Morgan fingerprint density at radius 1 is 1.19 bits per heavy atom. The van der Waals surface area contributed by atoms with Gasteiger partial charge in [0.1, 0.15) is 17.5 Å². The van der Waals surface area contributed by atoms with Crippen molar-refractivity contribution in [3.8, 4) is 0 Å². The zero-order valence-electron chi connectivity index (χ0n) is 12.4. The average molecular weight is 305 g/mol. The van der Waals surface area contributed by atoms with Crippen molar-refractivity contribution in [1.29, 1.82) is 0 Å². The lowest BCUT2D eigenvalue weighted by molar-refractivity contribution is 0.624. The third kappa shape index (κ3) is 5.01. The van der Waals surface area contributed by atoms with Gasteiger partial charge in [-0.1, -0.05) is 19.9 Å². The molecule has 1 aromatic carbocycles. The van der Waals surface area contributed by atoms with Crippen molar-refractivity contribution in [3.05, 3.63) is 47.7 Å². The summed E-state index contributed by atoms with van der Waals surface area (Å²) in [5, 5.41) is 3.30. The molecule has 0 aliphatic carbocycles. The first-order chi connectivity index (χ1) is 10.2. The van der Waals surface area contributed by atoms with Crippen LogP contribution in [0.4, 0.5) is 10.2 Å². The Morgan fingerprint density at radius 3 is 2.76 bits per heavy atom. The van der Waals surface area contributed by atoms with Crippen LogP contribution in [0.5, 0.6) is 0 Å². The first-order valence-corrected chi connectivity index (χ1v) is 8.19. The number of nitrogens with zero attached hydrogens (tertiary/aromatic N) is 2. The molecule has 0 fully saturated rings. The van der Waals surface area contributed by atoms with Crippen LogP contribution >= 0.6 is 11.8 Å².